The highest BCUT2D eigenvalue weighted by molar-refractivity contribution is 9.10. The summed E-state index contributed by atoms with van der Waals surface area (Å²) in [5.41, 5.74) is 0.591. The van der Waals surface area contributed by atoms with Gasteiger partial charge in [-0.15, -0.1) is 5.10 Å². The van der Waals surface area contributed by atoms with Gasteiger partial charge in [0.05, 0.1) is 10.6 Å². The predicted molar refractivity (Wildman–Crippen MR) is 75.0 cm³/mol. The number of nitrogens with one attached hydrogen (secondary N) is 1. The first-order chi connectivity index (χ1) is 8.88. The van der Waals surface area contributed by atoms with Crippen molar-refractivity contribution in [2.24, 2.45) is 0 Å². The molecule has 0 fully saturated rings. The van der Waals surface area contributed by atoms with Crippen LogP contribution in [0.3, 0.4) is 0 Å². The Morgan fingerprint density at radius 1 is 1.42 bits per heavy atom. The van der Waals surface area contributed by atoms with Gasteiger partial charge in [-0.05, 0) is 45.7 Å². The number of carbonyl (C=O) groups excluding carboxylic acids is 1. The van der Waals surface area contributed by atoms with Crippen LogP contribution in [-0.4, -0.2) is 23.9 Å². The molecule has 0 bridgehead atoms. The Morgan fingerprint density at radius 2 is 2.16 bits per heavy atom. The largest absolute Gasteiger partial charge is 0.320 e. The molecular formula is C9H5BrClN3O3S2. The first kappa shape index (κ1) is 14.4. The molecule has 10 heteroatoms. The average Bonchev–Trinajstić information content (AvgIpc) is 2.84. The molecule has 1 aromatic carbocycles. The van der Waals surface area contributed by atoms with E-state index in [1.807, 2.05) is 0 Å². The zero-order valence-corrected chi connectivity index (χ0v) is 13.0. The van der Waals surface area contributed by atoms with Crippen molar-refractivity contribution < 1.29 is 13.2 Å². The Labute approximate surface area is 125 Å². The lowest BCUT2D eigenvalue weighted by Gasteiger charge is -2.06. The third-order valence-corrected chi connectivity index (χ3v) is 4.58. The van der Waals surface area contributed by atoms with E-state index in [0.29, 0.717) is 10.2 Å². The molecule has 0 aliphatic heterocycles. The Hall–Kier alpha value is -1.03. The van der Waals surface area contributed by atoms with E-state index in [-0.39, 0.29) is 10.6 Å². The van der Waals surface area contributed by atoms with Crippen molar-refractivity contribution in [1.82, 2.24) is 9.59 Å². The minimum atomic E-state index is -3.80. The molecule has 0 aliphatic rings. The van der Waals surface area contributed by atoms with Crippen molar-refractivity contribution in [2.75, 3.05) is 5.32 Å². The van der Waals surface area contributed by atoms with Gasteiger partial charge in [-0.3, -0.25) is 4.79 Å². The number of carbonyl (C=O) groups is 1. The number of aromatic nitrogens is 2. The molecule has 1 heterocycles. The van der Waals surface area contributed by atoms with E-state index in [1.54, 1.807) is 0 Å². The van der Waals surface area contributed by atoms with Gasteiger partial charge in [0.25, 0.3) is 15.0 Å². The van der Waals surface area contributed by atoms with Gasteiger partial charge in [0.2, 0.25) is 0 Å². The lowest BCUT2D eigenvalue weighted by atomic mass is 10.3. The Kier molecular flexibility index (Phi) is 4.19. The minimum Gasteiger partial charge on any atom is -0.320 e. The number of halogens is 2. The maximum absolute atomic E-state index is 11.7. The van der Waals surface area contributed by atoms with Crippen molar-refractivity contribution >= 4 is 58.8 Å². The standard InChI is InChI=1S/C9H5BrClN3O3S2/c10-6-3-5(19(11,16)17)1-2-7(6)12-9(15)8-4-18-14-13-8/h1-4H,(H,12,15). The molecule has 0 unspecified atom stereocenters. The quantitative estimate of drug-likeness (QED) is 0.824. The van der Waals surface area contributed by atoms with Crippen LogP contribution < -0.4 is 5.32 Å². The van der Waals surface area contributed by atoms with Gasteiger partial charge in [-0.25, -0.2) is 8.42 Å². The van der Waals surface area contributed by atoms with Crippen LogP contribution in [0.2, 0.25) is 0 Å². The van der Waals surface area contributed by atoms with E-state index in [9.17, 15) is 13.2 Å². The maximum atomic E-state index is 11.7. The smallest absolute Gasteiger partial charge is 0.277 e. The van der Waals surface area contributed by atoms with Gasteiger partial charge in [0, 0.05) is 20.5 Å². The summed E-state index contributed by atoms with van der Waals surface area (Å²) in [5.74, 6) is -0.434. The van der Waals surface area contributed by atoms with Crippen LogP contribution in [0.5, 0.6) is 0 Å². The minimum absolute atomic E-state index is 0.0608. The molecule has 0 spiro atoms. The summed E-state index contributed by atoms with van der Waals surface area (Å²) in [6.07, 6.45) is 0. The molecule has 1 N–H and O–H groups in total. The lowest BCUT2D eigenvalue weighted by Crippen LogP contribution is -2.12. The number of benzene rings is 1. The van der Waals surface area contributed by atoms with Gasteiger partial charge in [-0.1, -0.05) is 4.49 Å². The van der Waals surface area contributed by atoms with Crippen LogP contribution in [0.1, 0.15) is 10.5 Å². The highest BCUT2D eigenvalue weighted by Crippen LogP contribution is 2.27. The SMILES string of the molecule is O=C(Nc1ccc(S(=O)(=O)Cl)cc1Br)c1csnn1. The van der Waals surface area contributed by atoms with Gasteiger partial charge in [-0.2, -0.15) is 0 Å². The Morgan fingerprint density at radius 3 is 2.68 bits per heavy atom. The van der Waals surface area contributed by atoms with Crippen LogP contribution in [0, 0.1) is 0 Å². The Balaban J connectivity index is 2.25. The third-order valence-electron chi connectivity index (χ3n) is 2.06. The molecule has 2 aromatic rings. The van der Waals surface area contributed by atoms with Gasteiger partial charge in [0.1, 0.15) is 0 Å². The van der Waals surface area contributed by atoms with Gasteiger partial charge >= 0.3 is 0 Å². The number of hydrogen-bond acceptors (Lipinski definition) is 6. The number of rotatable bonds is 3. The summed E-state index contributed by atoms with van der Waals surface area (Å²) < 4.78 is 26.3. The van der Waals surface area contributed by atoms with Crippen LogP contribution >= 0.6 is 38.1 Å². The van der Waals surface area contributed by atoms with Gasteiger partial charge < -0.3 is 5.32 Å². The average molecular weight is 383 g/mol. The number of amides is 1. The van der Waals surface area contributed by atoms with Crippen LogP contribution in [0.15, 0.2) is 32.9 Å². The van der Waals surface area contributed by atoms with E-state index >= 15 is 0 Å². The molecule has 0 saturated heterocycles. The predicted octanol–water partition coefficient (Wildman–Crippen LogP) is 2.48. The molecule has 1 aromatic heterocycles. The van der Waals surface area contributed by atoms with E-state index in [1.165, 1.54) is 23.6 Å². The van der Waals surface area contributed by atoms with Crippen molar-refractivity contribution in [2.45, 2.75) is 4.90 Å². The second kappa shape index (κ2) is 5.53. The maximum Gasteiger partial charge on any atom is 0.277 e. The zero-order chi connectivity index (χ0) is 14.0. The number of anilines is 1. The molecule has 0 atom stereocenters. The highest BCUT2D eigenvalue weighted by atomic mass is 79.9. The molecule has 6 nitrogen and oxygen atoms in total. The van der Waals surface area contributed by atoms with Crippen LogP contribution in [-0.2, 0) is 9.05 Å². The van der Waals surface area contributed by atoms with Crippen molar-refractivity contribution in [3.63, 3.8) is 0 Å². The van der Waals surface area contributed by atoms with Crippen molar-refractivity contribution in [3.8, 4) is 0 Å². The van der Waals surface area contributed by atoms with Crippen LogP contribution in [0.4, 0.5) is 5.69 Å². The summed E-state index contributed by atoms with van der Waals surface area (Å²) >= 11 is 4.22. The monoisotopic (exact) mass is 381 g/mol. The Bertz CT molecular complexity index is 718. The highest BCUT2D eigenvalue weighted by Gasteiger charge is 2.14. The fourth-order valence-corrected chi connectivity index (χ4v) is 3.04. The second-order valence-electron chi connectivity index (χ2n) is 3.32. The van der Waals surface area contributed by atoms with E-state index in [2.05, 4.69) is 30.8 Å². The van der Waals surface area contributed by atoms with E-state index in [4.69, 9.17) is 10.7 Å². The molecule has 2 rings (SSSR count). The summed E-state index contributed by atoms with van der Waals surface area (Å²) in [6.45, 7) is 0. The molecule has 1 amide bonds. The zero-order valence-electron chi connectivity index (χ0n) is 9.00. The first-order valence-electron chi connectivity index (χ1n) is 4.70. The summed E-state index contributed by atoms with van der Waals surface area (Å²) in [4.78, 5) is 11.7. The molecule has 100 valence electrons. The summed E-state index contributed by atoms with van der Waals surface area (Å²) in [6, 6.07) is 4.02. The first-order valence-corrected chi connectivity index (χ1v) is 8.64. The fourth-order valence-electron chi connectivity index (χ4n) is 1.20. The van der Waals surface area contributed by atoms with Crippen LogP contribution in [0.25, 0.3) is 0 Å². The molecule has 0 radical (unpaired) electrons. The molecule has 0 saturated carbocycles. The number of nitrogens with zero attached hydrogens (tertiary/aromatic N) is 2. The molecular weight excluding hydrogens is 378 g/mol. The number of hydrogen-bond donors (Lipinski definition) is 1. The molecule has 0 aliphatic carbocycles. The van der Waals surface area contributed by atoms with Crippen molar-refractivity contribution in [3.05, 3.63) is 33.7 Å². The topological polar surface area (TPSA) is 89.0 Å². The van der Waals surface area contributed by atoms with Gasteiger partial charge in [0.15, 0.2) is 5.69 Å². The molecule has 19 heavy (non-hydrogen) atoms. The fraction of sp³-hybridized carbons (Fsp3) is 0. The van der Waals surface area contributed by atoms with E-state index in [0.717, 1.165) is 11.5 Å². The normalized spacial score (nSPS) is 11.3. The van der Waals surface area contributed by atoms with Crippen molar-refractivity contribution in [1.29, 1.82) is 0 Å². The second-order valence-corrected chi connectivity index (χ2v) is 7.35. The summed E-state index contributed by atoms with van der Waals surface area (Å²) in [5, 5.41) is 7.70. The third kappa shape index (κ3) is 3.50. The lowest BCUT2D eigenvalue weighted by molar-refractivity contribution is 0.102. The summed E-state index contributed by atoms with van der Waals surface area (Å²) in [7, 11) is 1.41. The van der Waals surface area contributed by atoms with E-state index < -0.39 is 15.0 Å².